The van der Waals surface area contributed by atoms with Crippen LogP contribution in [0.4, 0.5) is 11.4 Å². The number of benzene rings is 3. The molecule has 0 aliphatic rings. The fraction of sp³-hybridized carbons (Fsp3) is 0.0741. The van der Waals surface area contributed by atoms with Gasteiger partial charge in [0.2, 0.25) is 0 Å². The average Bonchev–Trinajstić information content (AvgIpc) is 3.21. The summed E-state index contributed by atoms with van der Waals surface area (Å²) < 4.78 is 14.1. The highest BCUT2D eigenvalue weighted by Gasteiger charge is 2.20. The van der Waals surface area contributed by atoms with Crippen LogP contribution in [0.2, 0.25) is 0 Å². The number of fused-ring (bicyclic) bond motifs is 1. The maximum Gasteiger partial charge on any atom is 0.327 e. The standard InChI is InChI=1S/C27H26N10O2/c1-15-33-22-24(37(15)14-16-6-3-2-4-7-16)35-27(39-21-12-17(23(29)30)10-11-20(21)28)36-25(22)38-19-9-5-8-18(13-19)34-26(31)32/h2-13H,14,28H2,1H3,(H3,29,30)(H4,31,32,34). The number of nitrogens with zero attached hydrogens (tertiary/aromatic N) is 4. The van der Waals surface area contributed by atoms with Crippen LogP contribution < -0.4 is 32.0 Å². The Morgan fingerprint density at radius 3 is 2.46 bits per heavy atom. The van der Waals surface area contributed by atoms with E-state index in [-0.39, 0.29) is 29.4 Å². The van der Waals surface area contributed by atoms with E-state index in [9.17, 15) is 0 Å². The van der Waals surface area contributed by atoms with E-state index in [1.54, 1.807) is 42.5 Å². The van der Waals surface area contributed by atoms with Crippen molar-refractivity contribution in [1.29, 1.82) is 10.8 Å². The third-order valence-electron chi connectivity index (χ3n) is 5.77. The van der Waals surface area contributed by atoms with E-state index < -0.39 is 0 Å². The minimum absolute atomic E-state index is 0.0304. The maximum absolute atomic E-state index is 7.74. The van der Waals surface area contributed by atoms with Crippen LogP contribution in [-0.2, 0) is 6.54 Å². The second-order valence-electron chi connectivity index (χ2n) is 8.65. The molecule has 9 N–H and O–H groups in total. The fourth-order valence-corrected chi connectivity index (χ4v) is 3.93. The van der Waals surface area contributed by atoms with E-state index in [2.05, 4.69) is 15.3 Å². The summed E-state index contributed by atoms with van der Waals surface area (Å²) in [5, 5.41) is 18.0. The molecule has 0 atom stereocenters. The summed E-state index contributed by atoms with van der Waals surface area (Å²) in [6.45, 7) is 2.39. The largest absolute Gasteiger partial charge is 0.437 e. The van der Waals surface area contributed by atoms with Crippen molar-refractivity contribution in [1.82, 2.24) is 19.5 Å². The van der Waals surface area contributed by atoms with Crippen LogP contribution in [0.1, 0.15) is 17.0 Å². The normalized spacial score (nSPS) is 10.8. The summed E-state index contributed by atoms with van der Waals surface area (Å²) in [4.78, 5) is 13.8. The van der Waals surface area contributed by atoms with Gasteiger partial charge in [0.15, 0.2) is 22.9 Å². The number of guanidine groups is 1. The molecule has 0 aliphatic carbocycles. The van der Waals surface area contributed by atoms with Crippen LogP contribution in [0, 0.1) is 17.7 Å². The number of nitrogens with one attached hydrogen (secondary N) is 3. The lowest BCUT2D eigenvalue weighted by atomic mass is 10.2. The van der Waals surface area contributed by atoms with Crippen LogP contribution in [0.25, 0.3) is 11.2 Å². The number of hydrogen-bond acceptors (Lipinski definition) is 8. The van der Waals surface area contributed by atoms with Gasteiger partial charge in [0.25, 0.3) is 5.88 Å². The molecule has 0 bridgehead atoms. The predicted octanol–water partition coefficient (Wildman–Crippen LogP) is 3.94. The number of nitrogen functional groups attached to an aromatic ring is 2. The van der Waals surface area contributed by atoms with E-state index in [1.807, 2.05) is 41.8 Å². The highest BCUT2D eigenvalue weighted by atomic mass is 16.5. The van der Waals surface area contributed by atoms with Gasteiger partial charge in [-0.2, -0.15) is 9.97 Å². The van der Waals surface area contributed by atoms with Crippen LogP contribution in [0.3, 0.4) is 0 Å². The van der Waals surface area contributed by atoms with E-state index >= 15 is 0 Å². The first-order chi connectivity index (χ1) is 18.8. The lowest BCUT2D eigenvalue weighted by molar-refractivity contribution is 0.417. The maximum atomic E-state index is 7.74. The molecule has 196 valence electrons. The van der Waals surface area contributed by atoms with Gasteiger partial charge in [0, 0.05) is 17.3 Å². The van der Waals surface area contributed by atoms with Gasteiger partial charge in [0.1, 0.15) is 17.4 Å². The summed E-state index contributed by atoms with van der Waals surface area (Å²) in [6, 6.07) is 21.6. The molecule has 5 aromatic rings. The SMILES string of the molecule is Cc1nc2c(Oc3cccc(NC(=N)N)c3)nc(Oc3cc(C(=N)N)ccc3N)nc2n1Cc1ccccc1. The van der Waals surface area contributed by atoms with Crippen molar-refractivity contribution in [2.24, 2.45) is 11.5 Å². The Balaban J connectivity index is 1.61. The molecule has 0 radical (unpaired) electrons. The van der Waals surface area contributed by atoms with E-state index in [1.165, 1.54) is 0 Å². The van der Waals surface area contributed by atoms with Gasteiger partial charge in [0.05, 0.1) is 12.2 Å². The van der Waals surface area contributed by atoms with Crippen molar-refractivity contribution in [3.8, 4) is 23.4 Å². The highest BCUT2D eigenvalue weighted by Crippen LogP contribution is 2.33. The van der Waals surface area contributed by atoms with Crippen molar-refractivity contribution >= 4 is 34.3 Å². The van der Waals surface area contributed by atoms with Gasteiger partial charge in [-0.25, -0.2) is 4.98 Å². The van der Waals surface area contributed by atoms with Crippen LogP contribution in [0.15, 0.2) is 72.8 Å². The van der Waals surface area contributed by atoms with E-state index in [0.29, 0.717) is 46.2 Å². The van der Waals surface area contributed by atoms with E-state index in [0.717, 1.165) is 5.56 Å². The Bertz CT molecular complexity index is 1700. The Kier molecular flexibility index (Phi) is 6.66. The molecule has 0 saturated carbocycles. The van der Waals surface area contributed by atoms with Gasteiger partial charge in [-0.3, -0.25) is 10.8 Å². The highest BCUT2D eigenvalue weighted by molar-refractivity contribution is 5.96. The van der Waals surface area contributed by atoms with Crippen molar-refractivity contribution < 1.29 is 9.47 Å². The molecule has 12 heteroatoms. The molecule has 0 amide bonds. The fourth-order valence-electron chi connectivity index (χ4n) is 3.93. The van der Waals surface area contributed by atoms with Gasteiger partial charge in [-0.05, 0) is 42.8 Å². The Morgan fingerprint density at radius 1 is 0.923 bits per heavy atom. The minimum atomic E-state index is -0.201. The van der Waals surface area contributed by atoms with Crippen molar-refractivity contribution in [2.75, 3.05) is 11.1 Å². The summed E-state index contributed by atoms with van der Waals surface area (Å²) in [6.07, 6.45) is 0. The number of anilines is 2. The Hall–Kier alpha value is -5.65. The topological polar surface area (TPSA) is 200 Å². The third-order valence-corrected chi connectivity index (χ3v) is 5.77. The monoisotopic (exact) mass is 522 g/mol. The second kappa shape index (κ2) is 10.4. The molecule has 2 heterocycles. The summed E-state index contributed by atoms with van der Waals surface area (Å²) in [5.74, 6) is 1.21. The van der Waals surface area contributed by atoms with Crippen molar-refractivity contribution in [3.63, 3.8) is 0 Å². The first-order valence-electron chi connectivity index (χ1n) is 11.9. The number of aromatic nitrogens is 4. The lowest BCUT2D eigenvalue weighted by Crippen LogP contribution is -2.20. The summed E-state index contributed by atoms with van der Waals surface area (Å²) in [5.41, 5.74) is 20.6. The third kappa shape index (κ3) is 5.54. The molecule has 3 aromatic carbocycles. The molecule has 0 aliphatic heterocycles. The molecule has 0 fully saturated rings. The first kappa shape index (κ1) is 25.0. The van der Waals surface area contributed by atoms with Gasteiger partial charge in [-0.1, -0.05) is 36.4 Å². The second-order valence-corrected chi connectivity index (χ2v) is 8.65. The summed E-state index contributed by atoms with van der Waals surface area (Å²) in [7, 11) is 0. The quantitative estimate of drug-likeness (QED) is 0.0991. The van der Waals surface area contributed by atoms with Gasteiger partial charge >= 0.3 is 6.01 Å². The molecular formula is C27H26N10O2. The first-order valence-corrected chi connectivity index (χ1v) is 11.9. The average molecular weight is 523 g/mol. The predicted molar refractivity (Wildman–Crippen MR) is 150 cm³/mol. The molecule has 0 spiro atoms. The number of nitrogens with two attached hydrogens (primary N) is 3. The molecule has 2 aromatic heterocycles. The lowest BCUT2D eigenvalue weighted by Gasteiger charge is -2.12. The smallest absolute Gasteiger partial charge is 0.327 e. The van der Waals surface area contributed by atoms with Crippen molar-refractivity contribution in [2.45, 2.75) is 13.5 Å². The van der Waals surface area contributed by atoms with Gasteiger partial charge in [-0.15, -0.1) is 0 Å². The number of amidine groups is 1. The molecule has 0 saturated heterocycles. The number of imidazole rings is 1. The zero-order valence-electron chi connectivity index (χ0n) is 21.0. The van der Waals surface area contributed by atoms with Crippen LogP contribution in [-0.4, -0.2) is 31.3 Å². The molecule has 39 heavy (non-hydrogen) atoms. The van der Waals surface area contributed by atoms with Gasteiger partial charge < -0.3 is 36.6 Å². The number of aryl methyl sites for hydroxylation is 1. The van der Waals surface area contributed by atoms with E-state index in [4.69, 9.17) is 42.5 Å². The molecule has 0 unspecified atom stereocenters. The van der Waals surface area contributed by atoms with Crippen LogP contribution in [0.5, 0.6) is 23.4 Å². The number of rotatable bonds is 8. The zero-order chi connectivity index (χ0) is 27.5. The zero-order valence-corrected chi connectivity index (χ0v) is 21.0. The Labute approximate surface area is 223 Å². The summed E-state index contributed by atoms with van der Waals surface area (Å²) >= 11 is 0. The Morgan fingerprint density at radius 2 is 1.72 bits per heavy atom. The molecular weight excluding hydrogens is 496 g/mol. The molecule has 12 nitrogen and oxygen atoms in total. The number of ether oxygens (including phenoxy) is 2. The molecule has 5 rings (SSSR count). The minimum Gasteiger partial charge on any atom is -0.437 e. The van der Waals surface area contributed by atoms with Crippen molar-refractivity contribution in [3.05, 3.63) is 89.7 Å². The number of hydrogen-bond donors (Lipinski definition) is 6. The van der Waals surface area contributed by atoms with Crippen LogP contribution >= 0.6 is 0 Å².